The number of carbonyl (C=O) groups is 1. The molecule has 1 aromatic carbocycles. The number of H-pyrrole nitrogens is 1. The van der Waals surface area contributed by atoms with Crippen LogP contribution < -0.4 is 11.1 Å². The monoisotopic (exact) mass is 381 g/mol. The summed E-state index contributed by atoms with van der Waals surface area (Å²) >= 11 is 0. The quantitative estimate of drug-likeness (QED) is 0.584. The average molecular weight is 381 g/mol. The average Bonchev–Trinajstić information content (AvgIpc) is 3.37. The summed E-state index contributed by atoms with van der Waals surface area (Å²) in [6.45, 7) is 3.72. The molecule has 28 heavy (non-hydrogen) atoms. The summed E-state index contributed by atoms with van der Waals surface area (Å²) in [4.78, 5) is 22.3. The fraction of sp³-hybridized carbons (Fsp3) is 0.429. The highest BCUT2D eigenvalue weighted by Gasteiger charge is 2.19. The van der Waals surface area contributed by atoms with E-state index in [0.717, 1.165) is 36.1 Å². The first kappa shape index (κ1) is 18.7. The maximum atomic E-state index is 12.3. The van der Waals surface area contributed by atoms with Crippen LogP contribution in [0, 0.1) is 0 Å². The van der Waals surface area contributed by atoms with Gasteiger partial charge in [-0.3, -0.25) is 4.79 Å². The number of carbonyl (C=O) groups excluding carboxylic acids is 1. The number of nitrogens with two attached hydrogens (primary N) is 1. The lowest BCUT2D eigenvalue weighted by atomic mass is 10.1. The Hall–Kier alpha value is -2.64. The van der Waals surface area contributed by atoms with Gasteiger partial charge in [0.15, 0.2) is 5.69 Å². The van der Waals surface area contributed by atoms with Crippen LogP contribution in [0.4, 0.5) is 0 Å². The summed E-state index contributed by atoms with van der Waals surface area (Å²) in [7, 11) is 0. The summed E-state index contributed by atoms with van der Waals surface area (Å²) in [5, 5.41) is 4.06. The van der Waals surface area contributed by atoms with Crippen molar-refractivity contribution in [2.24, 2.45) is 5.73 Å². The van der Waals surface area contributed by atoms with E-state index in [0.29, 0.717) is 18.9 Å². The molecule has 1 amide bonds. The van der Waals surface area contributed by atoms with Gasteiger partial charge in [-0.15, -0.1) is 0 Å². The van der Waals surface area contributed by atoms with E-state index in [-0.39, 0.29) is 11.6 Å². The van der Waals surface area contributed by atoms with Gasteiger partial charge >= 0.3 is 0 Å². The summed E-state index contributed by atoms with van der Waals surface area (Å²) < 4.78 is 5.49. The molecule has 4 rings (SSSR count). The van der Waals surface area contributed by atoms with Crippen molar-refractivity contribution in [2.75, 3.05) is 26.2 Å². The number of rotatable bonds is 7. The highest BCUT2D eigenvalue weighted by Crippen LogP contribution is 2.23. The van der Waals surface area contributed by atoms with Crippen LogP contribution in [0.3, 0.4) is 0 Å². The second-order valence-corrected chi connectivity index (χ2v) is 7.40. The van der Waals surface area contributed by atoms with Gasteiger partial charge in [0.2, 0.25) is 5.89 Å². The molecule has 0 spiro atoms. The lowest BCUT2D eigenvalue weighted by Crippen LogP contribution is -2.37. The number of piperidine rings is 1. The van der Waals surface area contributed by atoms with E-state index in [1.54, 1.807) is 0 Å². The van der Waals surface area contributed by atoms with E-state index < -0.39 is 6.04 Å². The van der Waals surface area contributed by atoms with Crippen LogP contribution in [0.5, 0.6) is 0 Å². The topological polar surface area (TPSA) is 100 Å². The molecule has 7 nitrogen and oxygen atoms in total. The number of hydrogen-bond acceptors (Lipinski definition) is 5. The number of benzene rings is 1. The molecule has 3 aromatic rings. The van der Waals surface area contributed by atoms with Crippen LogP contribution in [0.2, 0.25) is 0 Å². The van der Waals surface area contributed by atoms with Crippen LogP contribution >= 0.6 is 0 Å². The van der Waals surface area contributed by atoms with E-state index in [1.165, 1.54) is 25.5 Å². The number of nitrogens with one attached hydrogen (secondary N) is 2. The molecule has 0 saturated carbocycles. The largest absolute Gasteiger partial charge is 0.446 e. The predicted molar refractivity (Wildman–Crippen MR) is 108 cm³/mol. The van der Waals surface area contributed by atoms with Crippen LogP contribution in [0.25, 0.3) is 10.9 Å². The molecule has 0 aliphatic carbocycles. The first-order chi connectivity index (χ1) is 13.7. The number of fused-ring (bicyclic) bond motifs is 1. The van der Waals surface area contributed by atoms with Gasteiger partial charge in [-0.25, -0.2) is 4.98 Å². The molecule has 148 valence electrons. The number of oxazole rings is 1. The van der Waals surface area contributed by atoms with Gasteiger partial charge in [0, 0.05) is 30.2 Å². The van der Waals surface area contributed by atoms with Gasteiger partial charge < -0.3 is 25.4 Å². The molecule has 3 heterocycles. The third kappa shape index (κ3) is 4.26. The summed E-state index contributed by atoms with van der Waals surface area (Å²) in [6.07, 6.45) is 7.73. The van der Waals surface area contributed by atoms with Gasteiger partial charge in [-0.2, -0.15) is 0 Å². The van der Waals surface area contributed by atoms with Gasteiger partial charge in [0.1, 0.15) is 6.26 Å². The van der Waals surface area contributed by atoms with Crippen molar-refractivity contribution >= 4 is 16.8 Å². The van der Waals surface area contributed by atoms with E-state index in [1.807, 2.05) is 24.4 Å². The van der Waals surface area contributed by atoms with Gasteiger partial charge in [-0.05, 0) is 44.0 Å². The van der Waals surface area contributed by atoms with Crippen molar-refractivity contribution in [3.63, 3.8) is 0 Å². The molecule has 0 radical (unpaired) electrons. The molecule has 1 fully saturated rings. The minimum absolute atomic E-state index is 0.216. The normalized spacial score (nSPS) is 16.3. The molecule has 1 aliphatic rings. The number of amides is 1. The van der Waals surface area contributed by atoms with Crippen molar-refractivity contribution in [2.45, 2.75) is 31.7 Å². The lowest BCUT2D eigenvalue weighted by Gasteiger charge is -2.26. The zero-order valence-electron chi connectivity index (χ0n) is 16.0. The zero-order valence-corrected chi connectivity index (χ0v) is 16.0. The molecular formula is C21H27N5O2. The van der Waals surface area contributed by atoms with Crippen molar-refractivity contribution < 1.29 is 9.21 Å². The SMILES string of the molecule is NC(Cc1c[nH]c2ccccc12)c1nc(C(=O)NCCN2CCCCC2)co1. The summed E-state index contributed by atoms with van der Waals surface area (Å²) in [6, 6.07) is 7.68. The zero-order chi connectivity index (χ0) is 19.3. The molecule has 1 saturated heterocycles. The molecule has 1 aliphatic heterocycles. The van der Waals surface area contributed by atoms with Gasteiger partial charge in [0.05, 0.1) is 6.04 Å². The smallest absolute Gasteiger partial charge is 0.273 e. The first-order valence-electron chi connectivity index (χ1n) is 9.97. The van der Waals surface area contributed by atoms with E-state index in [9.17, 15) is 4.79 Å². The van der Waals surface area contributed by atoms with Gasteiger partial charge in [-0.1, -0.05) is 24.6 Å². The number of aromatic amines is 1. The highest BCUT2D eigenvalue weighted by molar-refractivity contribution is 5.91. The second-order valence-electron chi connectivity index (χ2n) is 7.40. The Balaban J connectivity index is 1.32. The fourth-order valence-corrected chi connectivity index (χ4v) is 3.79. The minimum atomic E-state index is -0.408. The highest BCUT2D eigenvalue weighted by atomic mass is 16.3. The Kier molecular flexibility index (Phi) is 5.73. The van der Waals surface area contributed by atoms with Crippen LogP contribution in [0.1, 0.15) is 47.2 Å². The van der Waals surface area contributed by atoms with E-state index >= 15 is 0 Å². The molecular weight excluding hydrogens is 354 g/mol. The first-order valence-corrected chi connectivity index (χ1v) is 9.97. The van der Waals surface area contributed by atoms with Gasteiger partial charge in [0.25, 0.3) is 5.91 Å². The third-order valence-electron chi connectivity index (χ3n) is 5.35. The second kappa shape index (κ2) is 8.58. The van der Waals surface area contributed by atoms with Crippen molar-refractivity contribution in [3.8, 4) is 0 Å². The molecule has 1 unspecified atom stereocenters. The van der Waals surface area contributed by atoms with Crippen LogP contribution in [0.15, 0.2) is 41.1 Å². The van der Waals surface area contributed by atoms with E-state index in [2.05, 4.69) is 26.3 Å². The number of likely N-dealkylation sites (tertiary alicyclic amines) is 1. The van der Waals surface area contributed by atoms with Crippen LogP contribution in [-0.2, 0) is 6.42 Å². The Morgan fingerprint density at radius 3 is 2.96 bits per heavy atom. The number of hydrogen-bond donors (Lipinski definition) is 3. The molecule has 1 atom stereocenters. The Morgan fingerprint density at radius 1 is 1.29 bits per heavy atom. The van der Waals surface area contributed by atoms with Crippen molar-refractivity contribution in [1.82, 2.24) is 20.2 Å². The molecule has 4 N–H and O–H groups in total. The Morgan fingerprint density at radius 2 is 2.11 bits per heavy atom. The van der Waals surface area contributed by atoms with Crippen LogP contribution in [-0.4, -0.2) is 47.0 Å². The maximum Gasteiger partial charge on any atom is 0.273 e. The van der Waals surface area contributed by atoms with Crippen molar-refractivity contribution in [3.05, 3.63) is 53.9 Å². The fourth-order valence-electron chi connectivity index (χ4n) is 3.79. The molecule has 7 heteroatoms. The third-order valence-corrected chi connectivity index (χ3v) is 5.35. The predicted octanol–water partition coefficient (Wildman–Crippen LogP) is 2.61. The van der Waals surface area contributed by atoms with E-state index in [4.69, 9.17) is 10.2 Å². The standard InChI is InChI=1S/C21H27N5O2/c22-17(12-15-13-24-18-7-3-2-6-16(15)18)21-25-19(14-28-21)20(27)23-8-11-26-9-4-1-5-10-26/h2-3,6-7,13-14,17,24H,1,4-5,8-12,22H2,(H,23,27). The van der Waals surface area contributed by atoms with Crippen molar-refractivity contribution in [1.29, 1.82) is 0 Å². The maximum absolute atomic E-state index is 12.3. The summed E-state index contributed by atoms with van der Waals surface area (Å²) in [5.74, 6) is 0.165. The Labute approximate surface area is 164 Å². The minimum Gasteiger partial charge on any atom is -0.446 e. The number of aromatic nitrogens is 2. The lowest BCUT2D eigenvalue weighted by molar-refractivity contribution is 0.0941. The number of nitrogens with zero attached hydrogens (tertiary/aromatic N) is 2. The number of para-hydroxylation sites is 1. The Bertz CT molecular complexity index is 926. The molecule has 2 aromatic heterocycles. The molecule has 0 bridgehead atoms. The summed E-state index contributed by atoms with van der Waals surface area (Å²) in [5.41, 5.74) is 8.74.